The van der Waals surface area contributed by atoms with E-state index in [1.54, 1.807) is 0 Å². The number of nitrogens with zero attached hydrogens (tertiary/aromatic N) is 1. The van der Waals surface area contributed by atoms with Crippen molar-refractivity contribution < 1.29 is 9.59 Å². The number of amides is 2. The van der Waals surface area contributed by atoms with Gasteiger partial charge < -0.3 is 15.5 Å². The Bertz CT molecular complexity index is 527. The number of piperidine rings is 1. The van der Waals surface area contributed by atoms with E-state index in [1.807, 2.05) is 4.90 Å². The first-order chi connectivity index (χ1) is 13.1. The summed E-state index contributed by atoms with van der Waals surface area (Å²) in [5.74, 6) is 2.80. The molecule has 0 aromatic rings. The van der Waals surface area contributed by atoms with E-state index in [2.05, 4.69) is 17.6 Å². The molecule has 1 saturated heterocycles. The molecular formula is C22H38ClN3O2. The second-order valence-electron chi connectivity index (χ2n) is 9.94. The molecule has 2 amide bonds. The van der Waals surface area contributed by atoms with Crippen molar-refractivity contribution in [2.75, 3.05) is 26.2 Å². The second kappa shape index (κ2) is 9.34. The van der Waals surface area contributed by atoms with E-state index in [-0.39, 0.29) is 36.2 Å². The number of hydrogen-bond donors (Lipinski definition) is 2. The summed E-state index contributed by atoms with van der Waals surface area (Å²) in [4.78, 5) is 27.5. The third-order valence-electron chi connectivity index (χ3n) is 7.67. The molecule has 5 fully saturated rings. The molecule has 0 aromatic carbocycles. The first kappa shape index (κ1) is 21.9. The SMILES string of the molecule is CCCN(C(=O)CNC(=O)CC12CC3CC(CC(C3)C1)C2)C1CCNCC1.Cl. The molecule has 4 aliphatic carbocycles. The van der Waals surface area contributed by atoms with Gasteiger partial charge in [0.2, 0.25) is 11.8 Å². The number of carbonyl (C=O) groups is 2. The fraction of sp³-hybridized carbons (Fsp3) is 0.909. The molecule has 4 bridgehead atoms. The summed E-state index contributed by atoms with van der Waals surface area (Å²) in [6.45, 7) is 5.06. The van der Waals surface area contributed by atoms with Crippen molar-refractivity contribution in [1.82, 2.24) is 15.5 Å². The van der Waals surface area contributed by atoms with Crippen LogP contribution in [0.5, 0.6) is 0 Å². The third-order valence-corrected chi connectivity index (χ3v) is 7.67. The number of carbonyl (C=O) groups excluding carboxylic acids is 2. The van der Waals surface area contributed by atoms with Gasteiger partial charge in [-0.1, -0.05) is 6.92 Å². The first-order valence-corrected chi connectivity index (χ1v) is 11.3. The molecule has 28 heavy (non-hydrogen) atoms. The minimum absolute atomic E-state index is 0. The average Bonchev–Trinajstić information content (AvgIpc) is 2.63. The van der Waals surface area contributed by atoms with Crippen molar-refractivity contribution in [3.63, 3.8) is 0 Å². The van der Waals surface area contributed by atoms with E-state index in [0.717, 1.165) is 56.7 Å². The van der Waals surface area contributed by atoms with Gasteiger partial charge >= 0.3 is 0 Å². The maximum atomic E-state index is 12.8. The van der Waals surface area contributed by atoms with Crippen LogP contribution in [-0.2, 0) is 9.59 Å². The number of nitrogens with one attached hydrogen (secondary N) is 2. The van der Waals surface area contributed by atoms with Gasteiger partial charge in [0.1, 0.15) is 0 Å². The number of hydrogen-bond acceptors (Lipinski definition) is 3. The molecule has 4 saturated carbocycles. The minimum Gasteiger partial charge on any atom is -0.347 e. The maximum absolute atomic E-state index is 12.8. The lowest BCUT2D eigenvalue weighted by atomic mass is 9.49. The van der Waals surface area contributed by atoms with E-state index >= 15 is 0 Å². The molecule has 0 unspecified atom stereocenters. The topological polar surface area (TPSA) is 61.4 Å². The van der Waals surface area contributed by atoms with Gasteiger partial charge in [-0.25, -0.2) is 0 Å². The third kappa shape index (κ3) is 4.84. The van der Waals surface area contributed by atoms with Gasteiger partial charge in [0.15, 0.2) is 0 Å². The minimum atomic E-state index is 0. The van der Waals surface area contributed by atoms with Crippen molar-refractivity contribution in [3.05, 3.63) is 0 Å². The lowest BCUT2D eigenvalue weighted by Gasteiger charge is -2.56. The summed E-state index contributed by atoms with van der Waals surface area (Å²) in [5.41, 5.74) is 0.250. The quantitative estimate of drug-likeness (QED) is 0.676. The molecule has 5 nitrogen and oxygen atoms in total. The Balaban J connectivity index is 0.00000225. The van der Waals surface area contributed by atoms with E-state index in [4.69, 9.17) is 0 Å². The van der Waals surface area contributed by atoms with Crippen LogP contribution in [0.25, 0.3) is 0 Å². The Morgan fingerprint density at radius 3 is 2.14 bits per heavy atom. The van der Waals surface area contributed by atoms with Crippen LogP contribution in [0, 0.1) is 23.2 Å². The highest BCUT2D eigenvalue weighted by molar-refractivity contribution is 5.85. The normalized spacial score (nSPS) is 34.0. The fourth-order valence-electron chi connectivity index (χ4n) is 7.06. The Labute approximate surface area is 176 Å². The summed E-state index contributed by atoms with van der Waals surface area (Å²) >= 11 is 0. The van der Waals surface area contributed by atoms with E-state index < -0.39 is 0 Å². The highest BCUT2D eigenvalue weighted by Crippen LogP contribution is 2.61. The lowest BCUT2D eigenvalue weighted by Crippen LogP contribution is -2.51. The van der Waals surface area contributed by atoms with Gasteiger partial charge in [0.05, 0.1) is 6.54 Å². The molecule has 2 N–H and O–H groups in total. The summed E-state index contributed by atoms with van der Waals surface area (Å²) in [6.07, 6.45) is 11.6. The van der Waals surface area contributed by atoms with E-state index in [9.17, 15) is 9.59 Å². The molecular weight excluding hydrogens is 374 g/mol. The van der Waals surface area contributed by atoms with Gasteiger partial charge in [-0.15, -0.1) is 12.4 Å². The van der Waals surface area contributed by atoms with Crippen LogP contribution in [0.1, 0.15) is 71.1 Å². The predicted octanol–water partition coefficient (Wildman–Crippen LogP) is 3.12. The molecule has 0 aromatic heterocycles. The Morgan fingerprint density at radius 2 is 1.61 bits per heavy atom. The fourth-order valence-corrected chi connectivity index (χ4v) is 7.06. The summed E-state index contributed by atoms with van der Waals surface area (Å²) in [7, 11) is 0. The Morgan fingerprint density at radius 1 is 1.04 bits per heavy atom. The molecule has 0 spiro atoms. The Kier molecular flexibility index (Phi) is 7.30. The number of halogens is 1. The zero-order chi connectivity index (χ0) is 18.9. The molecule has 160 valence electrons. The average molecular weight is 412 g/mol. The highest BCUT2D eigenvalue weighted by atomic mass is 35.5. The highest BCUT2D eigenvalue weighted by Gasteiger charge is 2.51. The lowest BCUT2D eigenvalue weighted by molar-refractivity contribution is -0.137. The van der Waals surface area contributed by atoms with Crippen LogP contribution < -0.4 is 10.6 Å². The molecule has 0 radical (unpaired) electrons. The zero-order valence-electron chi connectivity index (χ0n) is 17.4. The first-order valence-electron chi connectivity index (χ1n) is 11.3. The smallest absolute Gasteiger partial charge is 0.242 e. The molecule has 1 heterocycles. The molecule has 6 heteroatoms. The van der Waals surface area contributed by atoms with Crippen LogP contribution in [-0.4, -0.2) is 48.9 Å². The summed E-state index contributed by atoms with van der Waals surface area (Å²) in [6, 6.07) is 0.332. The van der Waals surface area contributed by atoms with Crippen LogP contribution in [0.2, 0.25) is 0 Å². The van der Waals surface area contributed by atoms with Crippen molar-refractivity contribution in [1.29, 1.82) is 0 Å². The van der Waals surface area contributed by atoms with Crippen LogP contribution in [0.15, 0.2) is 0 Å². The molecule has 5 rings (SSSR count). The van der Waals surface area contributed by atoms with Crippen molar-refractivity contribution >= 4 is 24.2 Å². The van der Waals surface area contributed by atoms with E-state index in [0.29, 0.717) is 12.5 Å². The monoisotopic (exact) mass is 411 g/mol. The van der Waals surface area contributed by atoms with Crippen LogP contribution in [0.4, 0.5) is 0 Å². The van der Waals surface area contributed by atoms with Crippen molar-refractivity contribution in [2.45, 2.75) is 77.2 Å². The largest absolute Gasteiger partial charge is 0.347 e. The second-order valence-corrected chi connectivity index (χ2v) is 9.94. The summed E-state index contributed by atoms with van der Waals surface area (Å²) in [5, 5.41) is 6.35. The molecule has 5 aliphatic rings. The van der Waals surface area contributed by atoms with E-state index in [1.165, 1.54) is 38.5 Å². The number of rotatable bonds is 7. The van der Waals surface area contributed by atoms with Crippen molar-refractivity contribution in [3.8, 4) is 0 Å². The Hall–Kier alpha value is -0.810. The molecule has 1 aliphatic heterocycles. The van der Waals surface area contributed by atoms with Gasteiger partial charge in [-0.3, -0.25) is 9.59 Å². The van der Waals surface area contributed by atoms with Gasteiger partial charge in [0, 0.05) is 19.0 Å². The predicted molar refractivity (Wildman–Crippen MR) is 113 cm³/mol. The summed E-state index contributed by atoms with van der Waals surface area (Å²) < 4.78 is 0. The van der Waals surface area contributed by atoms with Gasteiger partial charge in [-0.2, -0.15) is 0 Å². The van der Waals surface area contributed by atoms with Crippen molar-refractivity contribution in [2.24, 2.45) is 23.2 Å². The molecule has 0 atom stereocenters. The van der Waals surface area contributed by atoms with Crippen LogP contribution in [0.3, 0.4) is 0 Å². The van der Waals surface area contributed by atoms with Crippen LogP contribution >= 0.6 is 12.4 Å². The van der Waals surface area contributed by atoms with Gasteiger partial charge in [-0.05, 0) is 94.0 Å². The zero-order valence-corrected chi connectivity index (χ0v) is 18.2. The standard InChI is InChI=1S/C22H37N3O2.ClH/c1-2-7-25(19-3-5-23-6-4-19)21(27)15-24-20(26)14-22-11-16-8-17(12-22)10-18(9-16)13-22;/h16-19,23H,2-15H2,1H3,(H,24,26);1H. The van der Waals surface area contributed by atoms with Gasteiger partial charge in [0.25, 0.3) is 0 Å². The maximum Gasteiger partial charge on any atom is 0.242 e.